The van der Waals surface area contributed by atoms with E-state index in [1.807, 2.05) is 0 Å². The van der Waals surface area contributed by atoms with E-state index in [4.69, 9.17) is 0 Å². The molecular weight excluding hydrogens is 244 g/mol. The van der Waals surface area contributed by atoms with Crippen molar-refractivity contribution in [2.75, 3.05) is 26.2 Å². The molecule has 1 aromatic rings. The van der Waals surface area contributed by atoms with Crippen molar-refractivity contribution in [2.45, 2.75) is 45.6 Å². The van der Waals surface area contributed by atoms with E-state index in [1.165, 1.54) is 50.9 Å². The van der Waals surface area contributed by atoms with Crippen LogP contribution in [0.1, 0.15) is 38.7 Å². The van der Waals surface area contributed by atoms with E-state index in [0.717, 1.165) is 12.5 Å². The lowest BCUT2D eigenvalue weighted by Gasteiger charge is -2.32. The molecule has 1 aromatic carbocycles. The maximum Gasteiger partial charge on any atom is 0.00507 e. The molecule has 1 saturated heterocycles. The Balaban J connectivity index is 1.65. The third-order valence-corrected chi connectivity index (χ3v) is 4.51. The fourth-order valence-corrected chi connectivity index (χ4v) is 3.19. The van der Waals surface area contributed by atoms with Crippen LogP contribution in [0.4, 0.5) is 0 Å². The van der Waals surface area contributed by atoms with Gasteiger partial charge in [-0.1, -0.05) is 37.3 Å². The zero-order chi connectivity index (χ0) is 14.2. The van der Waals surface area contributed by atoms with Gasteiger partial charge in [-0.25, -0.2) is 0 Å². The predicted molar refractivity (Wildman–Crippen MR) is 87.1 cm³/mol. The SMILES string of the molecule is CCNC(C)CCN1CCC(Cc2ccccc2)CC1. The molecule has 0 saturated carbocycles. The number of rotatable bonds is 7. The summed E-state index contributed by atoms with van der Waals surface area (Å²) in [6, 6.07) is 11.6. The van der Waals surface area contributed by atoms with Gasteiger partial charge in [0, 0.05) is 6.04 Å². The monoisotopic (exact) mass is 274 g/mol. The molecule has 1 aliphatic heterocycles. The van der Waals surface area contributed by atoms with E-state index in [0.29, 0.717) is 6.04 Å². The van der Waals surface area contributed by atoms with Gasteiger partial charge in [-0.3, -0.25) is 0 Å². The number of hydrogen-bond donors (Lipinski definition) is 1. The van der Waals surface area contributed by atoms with Crippen molar-refractivity contribution in [1.29, 1.82) is 0 Å². The molecule has 1 unspecified atom stereocenters. The Morgan fingerprint density at radius 1 is 1.20 bits per heavy atom. The summed E-state index contributed by atoms with van der Waals surface area (Å²) in [4.78, 5) is 2.65. The summed E-state index contributed by atoms with van der Waals surface area (Å²) in [5.41, 5.74) is 1.51. The lowest BCUT2D eigenvalue weighted by molar-refractivity contribution is 0.177. The van der Waals surface area contributed by atoms with Crippen LogP contribution < -0.4 is 5.32 Å². The average molecular weight is 274 g/mol. The zero-order valence-corrected chi connectivity index (χ0v) is 13.1. The fraction of sp³-hybridized carbons (Fsp3) is 0.667. The van der Waals surface area contributed by atoms with Gasteiger partial charge in [0.05, 0.1) is 0 Å². The summed E-state index contributed by atoms with van der Waals surface area (Å²) < 4.78 is 0. The van der Waals surface area contributed by atoms with Gasteiger partial charge in [-0.2, -0.15) is 0 Å². The largest absolute Gasteiger partial charge is 0.314 e. The quantitative estimate of drug-likeness (QED) is 0.820. The molecule has 0 amide bonds. The Bertz CT molecular complexity index is 355. The van der Waals surface area contributed by atoms with Crippen molar-refractivity contribution in [3.05, 3.63) is 35.9 Å². The molecule has 1 aliphatic rings. The molecule has 0 radical (unpaired) electrons. The second-order valence-corrected chi connectivity index (χ2v) is 6.22. The minimum Gasteiger partial charge on any atom is -0.314 e. The second-order valence-electron chi connectivity index (χ2n) is 6.22. The molecule has 1 atom stereocenters. The van der Waals surface area contributed by atoms with E-state index in [9.17, 15) is 0 Å². The average Bonchev–Trinajstić information content (AvgIpc) is 2.48. The smallest absolute Gasteiger partial charge is 0.00507 e. The molecule has 2 nitrogen and oxygen atoms in total. The Morgan fingerprint density at radius 3 is 2.55 bits per heavy atom. The van der Waals surface area contributed by atoms with Crippen LogP contribution >= 0.6 is 0 Å². The minimum absolute atomic E-state index is 0.655. The number of hydrogen-bond acceptors (Lipinski definition) is 2. The van der Waals surface area contributed by atoms with Crippen LogP contribution in [0.25, 0.3) is 0 Å². The zero-order valence-electron chi connectivity index (χ0n) is 13.1. The molecule has 2 rings (SSSR count). The number of benzene rings is 1. The standard InChI is InChI=1S/C18H30N2/c1-3-19-16(2)9-12-20-13-10-18(11-14-20)15-17-7-5-4-6-8-17/h4-8,16,18-19H,3,9-15H2,1-2H3. The summed E-state index contributed by atoms with van der Waals surface area (Å²) in [5.74, 6) is 0.889. The van der Waals surface area contributed by atoms with Crippen LogP contribution in [-0.2, 0) is 6.42 Å². The van der Waals surface area contributed by atoms with Crippen molar-refractivity contribution in [2.24, 2.45) is 5.92 Å². The molecule has 112 valence electrons. The first-order chi connectivity index (χ1) is 9.78. The molecule has 2 heteroatoms. The summed E-state index contributed by atoms with van der Waals surface area (Å²) in [7, 11) is 0. The second kappa shape index (κ2) is 8.43. The number of nitrogens with zero attached hydrogens (tertiary/aromatic N) is 1. The fourth-order valence-electron chi connectivity index (χ4n) is 3.19. The van der Waals surface area contributed by atoms with Gasteiger partial charge in [0.1, 0.15) is 0 Å². The van der Waals surface area contributed by atoms with Crippen LogP contribution in [0.15, 0.2) is 30.3 Å². The Kier molecular flexibility index (Phi) is 6.55. The Morgan fingerprint density at radius 2 is 1.90 bits per heavy atom. The minimum atomic E-state index is 0.655. The van der Waals surface area contributed by atoms with Crippen molar-refractivity contribution < 1.29 is 0 Å². The normalized spacial score (nSPS) is 19.1. The lowest BCUT2D eigenvalue weighted by Crippen LogP contribution is -2.37. The third-order valence-electron chi connectivity index (χ3n) is 4.51. The first kappa shape index (κ1) is 15.5. The highest BCUT2D eigenvalue weighted by molar-refractivity contribution is 5.15. The van der Waals surface area contributed by atoms with Crippen molar-refractivity contribution >= 4 is 0 Å². The maximum atomic E-state index is 3.50. The van der Waals surface area contributed by atoms with Gasteiger partial charge in [0.25, 0.3) is 0 Å². The molecule has 0 spiro atoms. The Hall–Kier alpha value is -0.860. The van der Waals surface area contributed by atoms with Gasteiger partial charge in [-0.15, -0.1) is 0 Å². The first-order valence-electron chi connectivity index (χ1n) is 8.27. The highest BCUT2D eigenvalue weighted by atomic mass is 15.1. The highest BCUT2D eigenvalue weighted by Crippen LogP contribution is 2.21. The van der Waals surface area contributed by atoms with Gasteiger partial charge < -0.3 is 10.2 Å². The number of piperidine rings is 1. The van der Waals surface area contributed by atoms with E-state index < -0.39 is 0 Å². The van der Waals surface area contributed by atoms with Crippen LogP contribution in [0.2, 0.25) is 0 Å². The first-order valence-corrected chi connectivity index (χ1v) is 8.27. The summed E-state index contributed by atoms with van der Waals surface area (Å²) in [5, 5.41) is 3.50. The van der Waals surface area contributed by atoms with E-state index in [2.05, 4.69) is 54.4 Å². The van der Waals surface area contributed by atoms with Crippen LogP contribution in [-0.4, -0.2) is 37.1 Å². The number of likely N-dealkylation sites (tertiary alicyclic amines) is 1. The molecule has 1 fully saturated rings. The van der Waals surface area contributed by atoms with Crippen LogP contribution in [0, 0.1) is 5.92 Å². The molecule has 0 bridgehead atoms. The van der Waals surface area contributed by atoms with Crippen molar-refractivity contribution in [1.82, 2.24) is 10.2 Å². The third kappa shape index (κ3) is 5.26. The van der Waals surface area contributed by atoms with Crippen LogP contribution in [0.5, 0.6) is 0 Å². The molecular formula is C18H30N2. The van der Waals surface area contributed by atoms with Gasteiger partial charge in [0.2, 0.25) is 0 Å². The van der Waals surface area contributed by atoms with Crippen LogP contribution in [0.3, 0.4) is 0 Å². The maximum absolute atomic E-state index is 3.50. The van der Waals surface area contributed by atoms with Gasteiger partial charge in [-0.05, 0) is 70.3 Å². The molecule has 1 N–H and O–H groups in total. The molecule has 1 heterocycles. The Labute approximate surface area is 124 Å². The van der Waals surface area contributed by atoms with E-state index >= 15 is 0 Å². The lowest BCUT2D eigenvalue weighted by atomic mass is 9.90. The van der Waals surface area contributed by atoms with Gasteiger partial charge in [0.15, 0.2) is 0 Å². The summed E-state index contributed by atoms with van der Waals surface area (Å²) >= 11 is 0. The summed E-state index contributed by atoms with van der Waals surface area (Å²) in [6.45, 7) is 9.40. The van der Waals surface area contributed by atoms with E-state index in [1.54, 1.807) is 0 Å². The van der Waals surface area contributed by atoms with Crippen molar-refractivity contribution in [3.8, 4) is 0 Å². The molecule has 20 heavy (non-hydrogen) atoms. The predicted octanol–water partition coefficient (Wildman–Crippen LogP) is 3.33. The molecule has 0 aliphatic carbocycles. The topological polar surface area (TPSA) is 15.3 Å². The highest BCUT2D eigenvalue weighted by Gasteiger charge is 2.19. The summed E-state index contributed by atoms with van der Waals surface area (Å²) in [6.07, 6.45) is 5.27. The van der Waals surface area contributed by atoms with Crippen molar-refractivity contribution in [3.63, 3.8) is 0 Å². The molecule has 0 aromatic heterocycles. The number of nitrogens with one attached hydrogen (secondary N) is 1. The van der Waals surface area contributed by atoms with Gasteiger partial charge >= 0.3 is 0 Å². The van der Waals surface area contributed by atoms with E-state index in [-0.39, 0.29) is 0 Å².